The van der Waals surface area contributed by atoms with Gasteiger partial charge in [0.25, 0.3) is 0 Å². The summed E-state index contributed by atoms with van der Waals surface area (Å²) < 4.78 is 18.6. The Morgan fingerprint density at radius 2 is 1.24 bits per heavy atom. The van der Waals surface area contributed by atoms with Gasteiger partial charge in [-0.05, 0) is 51.4 Å². The van der Waals surface area contributed by atoms with Gasteiger partial charge in [0.15, 0.2) is 0 Å². The van der Waals surface area contributed by atoms with Gasteiger partial charge < -0.3 is 13.3 Å². The second kappa shape index (κ2) is 7.11. The summed E-state index contributed by atoms with van der Waals surface area (Å²) in [5, 5.41) is 0.0772. The molecule has 0 spiro atoms. The highest BCUT2D eigenvalue weighted by Crippen LogP contribution is 2.61. The molecule has 2 saturated carbocycles. The van der Waals surface area contributed by atoms with E-state index in [1.165, 1.54) is 51.4 Å². The second-order valence-electron chi connectivity index (χ2n) is 7.38. The Morgan fingerprint density at radius 3 is 1.52 bits per heavy atom. The average molecular weight is 315 g/mol. The number of hydrogen-bond donors (Lipinski definition) is 0. The predicted octanol–water partition coefficient (Wildman–Crippen LogP) is 4.78. The molecule has 0 heterocycles. The molecular weight excluding hydrogens is 280 g/mol. The van der Waals surface area contributed by atoms with E-state index < -0.39 is 8.80 Å². The van der Waals surface area contributed by atoms with E-state index in [-0.39, 0.29) is 11.1 Å². The van der Waals surface area contributed by atoms with E-state index in [1.807, 2.05) is 0 Å². The Balaban J connectivity index is 2.38. The van der Waals surface area contributed by atoms with Crippen LogP contribution in [0.4, 0.5) is 0 Å². The van der Waals surface area contributed by atoms with E-state index in [1.54, 1.807) is 14.2 Å². The molecule has 21 heavy (non-hydrogen) atoms. The predicted molar refractivity (Wildman–Crippen MR) is 88.3 cm³/mol. The Bertz CT molecular complexity index is 300. The molecule has 124 valence electrons. The maximum Gasteiger partial charge on any atom is 0.507 e. The van der Waals surface area contributed by atoms with Gasteiger partial charge in [0, 0.05) is 25.4 Å². The molecule has 0 atom stereocenters. The summed E-state index contributed by atoms with van der Waals surface area (Å²) in [6.07, 6.45) is 10.8. The Kier molecular flexibility index (Phi) is 5.91. The molecule has 0 aromatic carbocycles. The van der Waals surface area contributed by atoms with E-state index >= 15 is 0 Å². The topological polar surface area (TPSA) is 27.7 Å². The first-order valence-electron chi connectivity index (χ1n) is 8.78. The molecule has 0 amide bonds. The van der Waals surface area contributed by atoms with Gasteiger partial charge >= 0.3 is 8.80 Å². The summed E-state index contributed by atoms with van der Waals surface area (Å²) in [6.45, 7) is 6.63. The van der Waals surface area contributed by atoms with Gasteiger partial charge in [0.1, 0.15) is 0 Å². The van der Waals surface area contributed by atoms with Gasteiger partial charge in [-0.2, -0.15) is 0 Å². The summed E-state index contributed by atoms with van der Waals surface area (Å²) in [5.74, 6) is 1.40. The number of rotatable bonds is 7. The van der Waals surface area contributed by atoms with Crippen LogP contribution in [-0.2, 0) is 13.3 Å². The van der Waals surface area contributed by atoms with Crippen LogP contribution >= 0.6 is 0 Å². The monoisotopic (exact) mass is 314 g/mol. The minimum absolute atomic E-state index is 0.0772. The van der Waals surface area contributed by atoms with Crippen LogP contribution in [0.5, 0.6) is 0 Å². The van der Waals surface area contributed by atoms with Gasteiger partial charge in [-0.15, -0.1) is 0 Å². The third-order valence-electron chi connectivity index (χ3n) is 5.99. The largest absolute Gasteiger partial charge is 0.507 e. The highest BCUT2D eigenvalue weighted by atomic mass is 28.4. The van der Waals surface area contributed by atoms with Crippen LogP contribution < -0.4 is 0 Å². The van der Waals surface area contributed by atoms with E-state index in [0.717, 1.165) is 0 Å². The van der Waals surface area contributed by atoms with E-state index in [4.69, 9.17) is 13.3 Å². The van der Waals surface area contributed by atoms with Crippen LogP contribution in [0.15, 0.2) is 0 Å². The lowest BCUT2D eigenvalue weighted by atomic mass is 9.79. The SMILES string of the molecule is CO[Si](OC)(OC(C)C)C(C)(C1CCCC1)C1CCCC1. The van der Waals surface area contributed by atoms with E-state index in [0.29, 0.717) is 11.8 Å². The van der Waals surface area contributed by atoms with Gasteiger partial charge in [0.2, 0.25) is 0 Å². The molecule has 0 aliphatic heterocycles. The molecule has 2 fully saturated rings. The second-order valence-corrected chi connectivity index (χ2v) is 10.6. The first-order chi connectivity index (χ1) is 10.00. The zero-order valence-electron chi connectivity index (χ0n) is 14.6. The van der Waals surface area contributed by atoms with Crippen molar-refractivity contribution in [2.75, 3.05) is 14.2 Å². The van der Waals surface area contributed by atoms with Crippen molar-refractivity contribution < 1.29 is 13.3 Å². The van der Waals surface area contributed by atoms with Crippen molar-refractivity contribution in [3.8, 4) is 0 Å². The molecule has 2 rings (SSSR count). The average Bonchev–Trinajstić information content (AvgIpc) is 3.15. The Morgan fingerprint density at radius 1 is 0.857 bits per heavy atom. The minimum atomic E-state index is -2.69. The molecule has 3 nitrogen and oxygen atoms in total. The van der Waals surface area contributed by atoms with Crippen molar-refractivity contribution in [2.45, 2.75) is 83.3 Å². The van der Waals surface area contributed by atoms with Crippen molar-refractivity contribution in [3.05, 3.63) is 0 Å². The van der Waals surface area contributed by atoms with Crippen LogP contribution in [0.1, 0.15) is 72.1 Å². The molecule has 0 aromatic rings. The van der Waals surface area contributed by atoms with Crippen molar-refractivity contribution in [1.29, 1.82) is 0 Å². The fourth-order valence-corrected chi connectivity index (χ4v) is 8.63. The van der Waals surface area contributed by atoms with Crippen LogP contribution in [0.25, 0.3) is 0 Å². The molecule has 0 saturated heterocycles. The summed E-state index contributed by atoms with van der Waals surface area (Å²) in [6, 6.07) is 0. The first kappa shape index (κ1) is 17.5. The normalized spacial score (nSPS) is 22.6. The lowest BCUT2D eigenvalue weighted by molar-refractivity contribution is 0.0182. The summed E-state index contributed by atoms with van der Waals surface area (Å²) in [4.78, 5) is 0. The number of hydrogen-bond acceptors (Lipinski definition) is 3. The van der Waals surface area contributed by atoms with Gasteiger partial charge in [0.05, 0.1) is 0 Å². The first-order valence-corrected chi connectivity index (χ1v) is 10.5. The molecule has 0 aromatic heterocycles. The van der Waals surface area contributed by atoms with Crippen LogP contribution in [0.3, 0.4) is 0 Å². The minimum Gasteiger partial charge on any atom is -0.376 e. The maximum atomic E-state index is 6.42. The quantitative estimate of drug-likeness (QED) is 0.633. The third kappa shape index (κ3) is 3.10. The van der Waals surface area contributed by atoms with E-state index in [2.05, 4.69) is 20.8 Å². The Labute approximate surface area is 132 Å². The van der Waals surface area contributed by atoms with Gasteiger partial charge in [-0.1, -0.05) is 32.6 Å². The summed E-state index contributed by atoms with van der Waals surface area (Å²) in [5.41, 5.74) is 0. The van der Waals surface area contributed by atoms with Crippen molar-refractivity contribution in [2.24, 2.45) is 11.8 Å². The molecule has 0 bridgehead atoms. The molecular formula is C17H34O3Si. The fraction of sp³-hybridized carbons (Fsp3) is 1.00. The smallest absolute Gasteiger partial charge is 0.376 e. The van der Waals surface area contributed by atoms with E-state index in [9.17, 15) is 0 Å². The van der Waals surface area contributed by atoms with Crippen molar-refractivity contribution >= 4 is 8.80 Å². The molecule has 2 aliphatic carbocycles. The highest BCUT2D eigenvalue weighted by molar-refractivity contribution is 6.64. The summed E-state index contributed by atoms with van der Waals surface area (Å²) in [7, 11) is 0.921. The zero-order valence-corrected chi connectivity index (χ0v) is 15.6. The lowest BCUT2D eigenvalue weighted by Crippen LogP contribution is -2.60. The highest BCUT2D eigenvalue weighted by Gasteiger charge is 2.64. The van der Waals surface area contributed by atoms with Crippen LogP contribution in [-0.4, -0.2) is 29.1 Å². The van der Waals surface area contributed by atoms with Crippen LogP contribution in [0.2, 0.25) is 5.04 Å². The Hall–Kier alpha value is 0.0969. The maximum absolute atomic E-state index is 6.42. The molecule has 2 aliphatic rings. The van der Waals surface area contributed by atoms with Gasteiger partial charge in [-0.25, -0.2) is 0 Å². The molecule has 4 heteroatoms. The van der Waals surface area contributed by atoms with Crippen LogP contribution in [0, 0.1) is 11.8 Å². The zero-order chi connectivity index (χ0) is 15.5. The molecule has 0 N–H and O–H groups in total. The lowest BCUT2D eigenvalue weighted by Gasteiger charge is -2.50. The molecule has 0 radical (unpaired) electrons. The third-order valence-corrected chi connectivity index (χ3v) is 9.99. The summed E-state index contributed by atoms with van der Waals surface area (Å²) >= 11 is 0. The van der Waals surface area contributed by atoms with Crippen molar-refractivity contribution in [3.63, 3.8) is 0 Å². The van der Waals surface area contributed by atoms with Crippen molar-refractivity contribution in [1.82, 2.24) is 0 Å². The fourth-order valence-electron chi connectivity index (χ4n) is 4.94. The van der Waals surface area contributed by atoms with Gasteiger partial charge in [-0.3, -0.25) is 0 Å². The molecule has 0 unspecified atom stereocenters. The standard InChI is InChI=1S/C17H34O3Si/c1-14(2)20-21(18-4,19-5)17(3,15-10-6-7-11-15)16-12-8-9-13-16/h14-16H,6-13H2,1-5H3.